The number of hydrogen-bond donors (Lipinski definition) is 1. The van der Waals surface area contributed by atoms with E-state index in [-0.39, 0.29) is 5.56 Å². The fourth-order valence-electron chi connectivity index (χ4n) is 3.40. The predicted molar refractivity (Wildman–Crippen MR) is 100 cm³/mol. The van der Waals surface area contributed by atoms with Gasteiger partial charge in [-0.15, -0.1) is 0 Å². The van der Waals surface area contributed by atoms with E-state index in [4.69, 9.17) is 4.74 Å². The first-order chi connectivity index (χ1) is 13.4. The number of rotatable bonds is 2. The molecule has 0 saturated heterocycles. The van der Waals surface area contributed by atoms with Crippen LogP contribution >= 0.6 is 0 Å². The van der Waals surface area contributed by atoms with Crippen molar-refractivity contribution in [2.24, 2.45) is 0 Å². The molecule has 2 aromatic carbocycles. The van der Waals surface area contributed by atoms with Gasteiger partial charge >= 0.3 is 0 Å². The van der Waals surface area contributed by atoms with E-state index >= 15 is 0 Å². The van der Waals surface area contributed by atoms with Gasteiger partial charge in [0.2, 0.25) is 0 Å². The average Bonchev–Trinajstić information content (AvgIpc) is 2.84. The molecule has 1 N–H and O–H groups in total. The van der Waals surface area contributed by atoms with Gasteiger partial charge in [-0.3, -0.25) is 4.79 Å². The summed E-state index contributed by atoms with van der Waals surface area (Å²) in [6.45, 7) is 4.05. The van der Waals surface area contributed by atoms with Crippen molar-refractivity contribution in [2.45, 2.75) is 32.7 Å². The Bertz CT molecular complexity index is 1080. The Labute approximate surface area is 160 Å². The second-order valence-corrected chi connectivity index (χ2v) is 6.91. The minimum atomic E-state index is -0.564. The lowest BCUT2D eigenvalue weighted by Crippen LogP contribution is -2.29. The number of amides is 1. The van der Waals surface area contributed by atoms with Gasteiger partial charge in [-0.2, -0.15) is 0 Å². The van der Waals surface area contributed by atoms with Crippen LogP contribution in [0.25, 0.3) is 11.0 Å². The topological polar surface area (TPSA) is 64.1 Å². The monoisotopic (exact) mass is 383 g/mol. The number of aromatic nitrogens is 2. The van der Waals surface area contributed by atoms with Crippen LogP contribution in [-0.4, -0.2) is 22.5 Å². The highest BCUT2D eigenvalue weighted by molar-refractivity contribution is 6.05. The number of aryl methyl sites for hydroxylation is 2. The summed E-state index contributed by atoms with van der Waals surface area (Å²) in [7, 11) is 0. The predicted octanol–water partition coefficient (Wildman–Crippen LogP) is 4.17. The highest BCUT2D eigenvalue weighted by Gasteiger charge is 2.24. The van der Waals surface area contributed by atoms with E-state index in [0.29, 0.717) is 53.2 Å². The van der Waals surface area contributed by atoms with Gasteiger partial charge < -0.3 is 10.1 Å². The zero-order valence-corrected chi connectivity index (χ0v) is 15.6. The largest absolute Gasteiger partial charge is 0.493 e. The van der Waals surface area contributed by atoms with Crippen LogP contribution in [0.15, 0.2) is 30.3 Å². The molecule has 1 atom stereocenters. The molecule has 0 saturated carbocycles. The van der Waals surface area contributed by atoms with Gasteiger partial charge in [-0.25, -0.2) is 18.7 Å². The van der Waals surface area contributed by atoms with E-state index in [1.54, 1.807) is 19.9 Å². The number of nitrogens with zero attached hydrogens (tertiary/aromatic N) is 2. The van der Waals surface area contributed by atoms with Crippen molar-refractivity contribution in [1.29, 1.82) is 0 Å². The van der Waals surface area contributed by atoms with E-state index in [9.17, 15) is 13.6 Å². The Hall–Kier alpha value is -3.09. The SMILES string of the molecule is Cc1nc2cc(F)cc(C(=O)N[C@@H]3CCCOc4ccc(F)cc43)c2nc1C. The van der Waals surface area contributed by atoms with Gasteiger partial charge in [-0.05, 0) is 51.0 Å². The number of benzene rings is 2. The summed E-state index contributed by atoms with van der Waals surface area (Å²) in [5, 5.41) is 2.89. The van der Waals surface area contributed by atoms with Crippen molar-refractivity contribution in [3.63, 3.8) is 0 Å². The molecule has 1 aromatic heterocycles. The maximum atomic E-state index is 14.1. The van der Waals surface area contributed by atoms with E-state index < -0.39 is 23.6 Å². The fourth-order valence-corrected chi connectivity index (χ4v) is 3.40. The van der Waals surface area contributed by atoms with Crippen LogP contribution < -0.4 is 10.1 Å². The van der Waals surface area contributed by atoms with E-state index in [1.807, 2.05) is 0 Å². The van der Waals surface area contributed by atoms with Gasteiger partial charge in [0, 0.05) is 11.6 Å². The number of hydrogen-bond acceptors (Lipinski definition) is 4. The van der Waals surface area contributed by atoms with Gasteiger partial charge in [0.1, 0.15) is 22.9 Å². The first kappa shape index (κ1) is 18.3. The molecule has 0 aliphatic carbocycles. The second-order valence-electron chi connectivity index (χ2n) is 6.91. The number of halogens is 2. The normalized spacial score (nSPS) is 16.2. The maximum absolute atomic E-state index is 14.1. The third kappa shape index (κ3) is 3.40. The molecule has 0 bridgehead atoms. The summed E-state index contributed by atoms with van der Waals surface area (Å²) in [5.74, 6) is -0.911. The molecule has 28 heavy (non-hydrogen) atoms. The van der Waals surface area contributed by atoms with E-state index in [2.05, 4.69) is 15.3 Å². The number of carbonyl (C=O) groups is 1. The lowest BCUT2D eigenvalue weighted by Gasteiger charge is -2.19. The number of carbonyl (C=O) groups excluding carboxylic acids is 1. The Kier molecular flexibility index (Phi) is 4.66. The molecule has 0 spiro atoms. The van der Waals surface area contributed by atoms with Crippen LogP contribution in [0.3, 0.4) is 0 Å². The molecule has 7 heteroatoms. The van der Waals surface area contributed by atoms with Crippen molar-refractivity contribution >= 4 is 16.9 Å². The number of fused-ring (bicyclic) bond motifs is 2. The lowest BCUT2D eigenvalue weighted by atomic mass is 10.0. The Balaban J connectivity index is 1.73. The average molecular weight is 383 g/mol. The molecule has 1 aliphatic rings. The molecule has 0 radical (unpaired) electrons. The van der Waals surface area contributed by atoms with Gasteiger partial charge in [0.25, 0.3) is 5.91 Å². The molecule has 0 unspecified atom stereocenters. The molecule has 5 nitrogen and oxygen atoms in total. The van der Waals surface area contributed by atoms with Crippen molar-refractivity contribution < 1.29 is 18.3 Å². The maximum Gasteiger partial charge on any atom is 0.254 e. The molecule has 1 amide bonds. The quantitative estimate of drug-likeness (QED) is 0.721. The van der Waals surface area contributed by atoms with Crippen LogP contribution in [0.5, 0.6) is 5.75 Å². The minimum absolute atomic E-state index is 0.105. The molecular weight excluding hydrogens is 364 g/mol. The summed E-state index contributed by atoms with van der Waals surface area (Å²) < 4.78 is 33.5. The smallest absolute Gasteiger partial charge is 0.254 e. The van der Waals surface area contributed by atoms with Gasteiger partial charge in [-0.1, -0.05) is 0 Å². The van der Waals surface area contributed by atoms with E-state index in [1.165, 1.54) is 18.2 Å². The van der Waals surface area contributed by atoms with Gasteiger partial charge in [0.15, 0.2) is 0 Å². The highest BCUT2D eigenvalue weighted by Crippen LogP contribution is 2.32. The van der Waals surface area contributed by atoms with Crippen LogP contribution in [0.1, 0.15) is 46.2 Å². The van der Waals surface area contributed by atoms with Crippen molar-refractivity contribution in [1.82, 2.24) is 15.3 Å². The third-order valence-corrected chi connectivity index (χ3v) is 4.94. The lowest BCUT2D eigenvalue weighted by molar-refractivity contribution is 0.0935. The summed E-state index contributed by atoms with van der Waals surface area (Å²) in [6, 6.07) is 6.21. The minimum Gasteiger partial charge on any atom is -0.493 e. The van der Waals surface area contributed by atoms with Crippen LogP contribution in [0, 0.1) is 25.5 Å². The van der Waals surface area contributed by atoms with Gasteiger partial charge in [0.05, 0.1) is 35.1 Å². The Morgan fingerprint density at radius 1 is 1.11 bits per heavy atom. The third-order valence-electron chi connectivity index (χ3n) is 4.94. The molecule has 0 fully saturated rings. The summed E-state index contributed by atoms with van der Waals surface area (Å²) in [6.07, 6.45) is 1.28. The van der Waals surface area contributed by atoms with Crippen molar-refractivity contribution in [3.8, 4) is 5.75 Å². The second kappa shape index (κ2) is 7.14. The first-order valence-corrected chi connectivity index (χ1v) is 9.10. The molecule has 4 rings (SSSR count). The zero-order valence-electron chi connectivity index (χ0n) is 15.6. The number of nitrogens with one attached hydrogen (secondary N) is 1. The van der Waals surface area contributed by atoms with Crippen LogP contribution in [-0.2, 0) is 0 Å². The fraction of sp³-hybridized carbons (Fsp3) is 0.286. The number of ether oxygens (including phenoxy) is 1. The van der Waals surface area contributed by atoms with E-state index in [0.717, 1.165) is 6.07 Å². The molecule has 144 valence electrons. The Morgan fingerprint density at radius 3 is 2.71 bits per heavy atom. The van der Waals surface area contributed by atoms with Crippen molar-refractivity contribution in [3.05, 3.63) is 64.5 Å². The Morgan fingerprint density at radius 2 is 1.89 bits per heavy atom. The molecule has 1 aliphatic heterocycles. The summed E-state index contributed by atoms with van der Waals surface area (Å²) in [4.78, 5) is 21.8. The first-order valence-electron chi connectivity index (χ1n) is 9.10. The van der Waals surface area contributed by atoms with Crippen LogP contribution in [0.4, 0.5) is 8.78 Å². The van der Waals surface area contributed by atoms with Crippen molar-refractivity contribution in [2.75, 3.05) is 6.61 Å². The molecular formula is C21H19F2N3O2. The zero-order chi connectivity index (χ0) is 19.8. The molecule has 2 heterocycles. The summed E-state index contributed by atoms with van der Waals surface area (Å²) in [5.41, 5.74) is 2.69. The van der Waals surface area contributed by atoms with Crippen LogP contribution in [0.2, 0.25) is 0 Å². The molecule has 3 aromatic rings. The summed E-state index contributed by atoms with van der Waals surface area (Å²) >= 11 is 0. The standard InChI is InChI=1S/C21H19F2N3O2/c1-11-12(2)25-20-16(9-14(23)10-18(20)24-11)21(27)26-17-4-3-7-28-19-6-5-13(22)8-15(17)19/h5-6,8-10,17H,3-4,7H2,1-2H3,(H,26,27)/t17-/m1/s1. The highest BCUT2D eigenvalue weighted by atomic mass is 19.1.